The van der Waals surface area contributed by atoms with Crippen LogP contribution in [0.25, 0.3) is 0 Å². The van der Waals surface area contributed by atoms with Crippen LogP contribution in [0, 0.1) is 0 Å². The van der Waals surface area contributed by atoms with E-state index < -0.39 is 49.8 Å². The van der Waals surface area contributed by atoms with Crippen LogP contribution >= 0.6 is 0 Å². The Morgan fingerprint density at radius 1 is 0.792 bits per heavy atom. The first-order chi connectivity index (χ1) is 11.1. The zero-order chi connectivity index (χ0) is 18.4. The van der Waals surface area contributed by atoms with Crippen LogP contribution in [0.4, 0.5) is 11.4 Å². The first kappa shape index (κ1) is 18.7. The molecule has 0 aliphatic rings. The number of rotatable bonds is 9. The number of hydrogen-bond donors (Lipinski definition) is 5. The Bertz CT molecular complexity index is 670. The van der Waals surface area contributed by atoms with E-state index in [4.69, 9.17) is 26.2 Å². The van der Waals surface area contributed by atoms with Crippen LogP contribution in [0.5, 0.6) is 0 Å². The summed E-state index contributed by atoms with van der Waals surface area (Å²) in [5.74, 6) is -5.20. The molecule has 24 heavy (non-hydrogen) atoms. The van der Waals surface area contributed by atoms with Gasteiger partial charge in [0.15, 0.2) is 0 Å². The molecule has 0 heterocycles. The topological polar surface area (TPSA) is 178 Å². The number of aliphatic carboxylic acids is 4. The lowest BCUT2D eigenvalue weighted by Crippen LogP contribution is -2.35. The number of nitrogens with zero attached hydrogens (tertiary/aromatic N) is 1. The highest BCUT2D eigenvalue weighted by Gasteiger charge is 2.23. The molecule has 10 heteroatoms. The van der Waals surface area contributed by atoms with E-state index in [0.717, 1.165) is 4.90 Å². The molecule has 0 saturated heterocycles. The molecular weight excluding hydrogens is 324 g/mol. The van der Waals surface area contributed by atoms with Crippen LogP contribution in [-0.2, 0) is 32.0 Å². The molecule has 0 aliphatic carbocycles. The van der Waals surface area contributed by atoms with Crippen molar-refractivity contribution in [3.63, 3.8) is 0 Å². The van der Waals surface area contributed by atoms with E-state index in [9.17, 15) is 19.2 Å². The largest absolute Gasteiger partial charge is 0.481 e. The third kappa shape index (κ3) is 5.16. The number of carboxylic acids is 4. The Balaban J connectivity index is 3.51. The minimum absolute atomic E-state index is 0.00708. The summed E-state index contributed by atoms with van der Waals surface area (Å²) in [6, 6.07) is 2.57. The molecule has 0 amide bonds. The van der Waals surface area contributed by atoms with Gasteiger partial charge in [0, 0.05) is 11.4 Å². The predicted octanol–water partition coefficient (Wildman–Crippen LogP) is -0.501. The SMILES string of the molecule is Nc1ccc(N(CC(=O)O)CC(=O)O)c(CC(=O)O)c1CC(=O)O. The zero-order valence-corrected chi connectivity index (χ0v) is 12.4. The summed E-state index contributed by atoms with van der Waals surface area (Å²) >= 11 is 0. The lowest BCUT2D eigenvalue weighted by molar-refractivity contribution is -0.137. The van der Waals surface area contributed by atoms with Gasteiger partial charge in [0.05, 0.1) is 12.8 Å². The Labute approximate surface area is 135 Å². The van der Waals surface area contributed by atoms with E-state index in [0.29, 0.717) is 0 Å². The number of nitrogens with two attached hydrogens (primary N) is 1. The standard InChI is InChI=1S/C14H16N2O8/c15-9-1-2-10(16(5-13(21)22)6-14(23)24)8(4-12(19)20)7(9)3-11(17)18/h1-2H,3-6,15H2,(H,17,18)(H,19,20)(H,21,22)(H,23,24). The van der Waals surface area contributed by atoms with Crippen molar-refractivity contribution in [1.29, 1.82) is 0 Å². The fourth-order valence-corrected chi connectivity index (χ4v) is 2.26. The van der Waals surface area contributed by atoms with Crippen LogP contribution < -0.4 is 10.6 Å². The van der Waals surface area contributed by atoms with Gasteiger partial charge in [-0.2, -0.15) is 0 Å². The fraction of sp³-hybridized carbons (Fsp3) is 0.286. The number of hydrogen-bond acceptors (Lipinski definition) is 6. The molecule has 0 aromatic heterocycles. The second-order valence-electron chi connectivity index (χ2n) is 4.92. The summed E-state index contributed by atoms with van der Waals surface area (Å²) in [7, 11) is 0. The maximum atomic E-state index is 11.1. The Hall–Kier alpha value is -3.30. The highest BCUT2D eigenvalue weighted by Crippen LogP contribution is 2.29. The van der Waals surface area contributed by atoms with Gasteiger partial charge in [0.1, 0.15) is 13.1 Å². The monoisotopic (exact) mass is 340 g/mol. The van der Waals surface area contributed by atoms with Gasteiger partial charge >= 0.3 is 23.9 Å². The minimum atomic E-state index is -1.32. The third-order valence-electron chi connectivity index (χ3n) is 3.09. The van der Waals surface area contributed by atoms with Gasteiger partial charge in [-0.15, -0.1) is 0 Å². The quantitative estimate of drug-likeness (QED) is 0.368. The van der Waals surface area contributed by atoms with Crippen molar-refractivity contribution in [1.82, 2.24) is 0 Å². The maximum absolute atomic E-state index is 11.1. The van der Waals surface area contributed by atoms with Crippen LogP contribution in [0.15, 0.2) is 12.1 Å². The Morgan fingerprint density at radius 3 is 1.67 bits per heavy atom. The molecule has 0 fully saturated rings. The van der Waals surface area contributed by atoms with E-state index in [-0.39, 0.29) is 22.5 Å². The van der Waals surface area contributed by atoms with Gasteiger partial charge in [-0.3, -0.25) is 19.2 Å². The lowest BCUT2D eigenvalue weighted by atomic mass is 9.97. The second-order valence-corrected chi connectivity index (χ2v) is 4.92. The molecule has 0 atom stereocenters. The Morgan fingerprint density at radius 2 is 1.25 bits per heavy atom. The van der Waals surface area contributed by atoms with Gasteiger partial charge in [-0.05, 0) is 23.3 Å². The molecule has 1 aromatic rings. The first-order valence-corrected chi connectivity index (χ1v) is 6.64. The van der Waals surface area contributed by atoms with Crippen molar-refractivity contribution in [2.45, 2.75) is 12.8 Å². The van der Waals surface area contributed by atoms with E-state index in [1.165, 1.54) is 12.1 Å². The van der Waals surface area contributed by atoms with Gasteiger partial charge in [0.25, 0.3) is 0 Å². The summed E-state index contributed by atoms with van der Waals surface area (Å²) in [6.07, 6.45) is -1.20. The summed E-state index contributed by atoms with van der Waals surface area (Å²) in [6.45, 7) is -1.40. The van der Waals surface area contributed by atoms with Crippen LogP contribution in [-0.4, -0.2) is 57.4 Å². The molecule has 0 aliphatic heterocycles. The zero-order valence-electron chi connectivity index (χ0n) is 12.4. The fourth-order valence-electron chi connectivity index (χ4n) is 2.26. The smallest absolute Gasteiger partial charge is 0.323 e. The number of anilines is 2. The molecule has 10 nitrogen and oxygen atoms in total. The first-order valence-electron chi connectivity index (χ1n) is 6.64. The van der Waals surface area contributed by atoms with E-state index in [1.54, 1.807) is 0 Å². The maximum Gasteiger partial charge on any atom is 0.323 e. The van der Waals surface area contributed by atoms with Crippen LogP contribution in [0.2, 0.25) is 0 Å². The number of carboxylic acid groups (broad SMARTS) is 4. The van der Waals surface area contributed by atoms with Crippen molar-refractivity contribution in [2.75, 3.05) is 23.7 Å². The lowest BCUT2D eigenvalue weighted by Gasteiger charge is -2.25. The normalized spacial score (nSPS) is 10.2. The number of benzene rings is 1. The van der Waals surface area contributed by atoms with Crippen molar-refractivity contribution < 1.29 is 39.6 Å². The summed E-state index contributed by atoms with van der Waals surface area (Å²) in [4.78, 5) is 44.9. The molecule has 130 valence electrons. The molecule has 0 radical (unpaired) electrons. The van der Waals surface area contributed by atoms with Crippen LogP contribution in [0.1, 0.15) is 11.1 Å². The summed E-state index contributed by atoms with van der Waals surface area (Å²) in [5, 5.41) is 35.9. The van der Waals surface area contributed by atoms with Gasteiger partial charge in [0.2, 0.25) is 0 Å². The number of carbonyl (C=O) groups is 4. The highest BCUT2D eigenvalue weighted by molar-refractivity contribution is 5.85. The van der Waals surface area contributed by atoms with Gasteiger partial charge in [-0.1, -0.05) is 0 Å². The summed E-state index contributed by atoms with van der Waals surface area (Å²) in [5.41, 5.74) is 5.74. The predicted molar refractivity (Wildman–Crippen MR) is 81.0 cm³/mol. The Kier molecular flexibility index (Phi) is 6.10. The van der Waals surface area contributed by atoms with Crippen molar-refractivity contribution in [3.05, 3.63) is 23.3 Å². The van der Waals surface area contributed by atoms with Gasteiger partial charge < -0.3 is 31.1 Å². The molecule has 1 rings (SSSR count). The highest BCUT2D eigenvalue weighted by atomic mass is 16.4. The van der Waals surface area contributed by atoms with E-state index >= 15 is 0 Å². The van der Waals surface area contributed by atoms with Crippen molar-refractivity contribution >= 4 is 35.3 Å². The molecule has 0 spiro atoms. The second kappa shape index (κ2) is 7.81. The minimum Gasteiger partial charge on any atom is -0.481 e. The number of nitrogen functional groups attached to an aromatic ring is 1. The molecule has 6 N–H and O–H groups in total. The average Bonchev–Trinajstić information content (AvgIpc) is 2.40. The molecule has 0 saturated carbocycles. The van der Waals surface area contributed by atoms with Crippen molar-refractivity contribution in [2.24, 2.45) is 0 Å². The van der Waals surface area contributed by atoms with Crippen LogP contribution in [0.3, 0.4) is 0 Å². The molecule has 1 aromatic carbocycles. The van der Waals surface area contributed by atoms with Gasteiger partial charge in [-0.25, -0.2) is 0 Å². The molecule has 0 bridgehead atoms. The summed E-state index contributed by atoms with van der Waals surface area (Å²) < 4.78 is 0. The van der Waals surface area contributed by atoms with Crippen molar-refractivity contribution in [3.8, 4) is 0 Å². The average molecular weight is 340 g/mol. The van der Waals surface area contributed by atoms with E-state index in [1.807, 2.05) is 0 Å². The van der Waals surface area contributed by atoms with E-state index in [2.05, 4.69) is 0 Å². The molecule has 0 unspecified atom stereocenters. The third-order valence-corrected chi connectivity index (χ3v) is 3.09. The molecular formula is C14H16N2O8.